The summed E-state index contributed by atoms with van der Waals surface area (Å²) in [7, 11) is 0. The lowest BCUT2D eigenvalue weighted by atomic mass is 9.62. The molecule has 74 valence electrons. The standard InChI is InChI=1S/C10H15NO.CH4/c11-7-10-3-1-2-8(5-10)4-9(12)6-10;/h8-9,12H,1-6H2;1H4. The van der Waals surface area contributed by atoms with Crippen LogP contribution in [0.3, 0.4) is 0 Å². The zero-order valence-electron chi connectivity index (χ0n) is 7.29. The number of hydrogen-bond acceptors (Lipinski definition) is 2. The van der Waals surface area contributed by atoms with Gasteiger partial charge in [-0.25, -0.2) is 0 Å². The normalized spacial score (nSPS) is 43.1. The van der Waals surface area contributed by atoms with E-state index in [-0.39, 0.29) is 18.9 Å². The van der Waals surface area contributed by atoms with Crippen molar-refractivity contribution in [2.45, 2.75) is 52.1 Å². The predicted octanol–water partition coefficient (Wildman–Crippen LogP) is 2.48. The van der Waals surface area contributed by atoms with Gasteiger partial charge in [-0.15, -0.1) is 0 Å². The van der Waals surface area contributed by atoms with Crippen LogP contribution in [0.15, 0.2) is 0 Å². The van der Waals surface area contributed by atoms with E-state index in [1.807, 2.05) is 0 Å². The van der Waals surface area contributed by atoms with Gasteiger partial charge in [-0.1, -0.05) is 20.3 Å². The molecule has 0 aromatic rings. The number of rotatable bonds is 0. The summed E-state index contributed by atoms with van der Waals surface area (Å²) in [6, 6.07) is 2.42. The van der Waals surface area contributed by atoms with Crippen LogP contribution in [0.5, 0.6) is 0 Å². The summed E-state index contributed by atoms with van der Waals surface area (Å²) >= 11 is 0. The van der Waals surface area contributed by atoms with Crippen LogP contribution in [-0.4, -0.2) is 11.2 Å². The zero-order valence-corrected chi connectivity index (χ0v) is 7.29. The highest BCUT2D eigenvalue weighted by atomic mass is 16.3. The summed E-state index contributed by atoms with van der Waals surface area (Å²) in [5.41, 5.74) is -0.152. The zero-order chi connectivity index (χ0) is 8.60. The van der Waals surface area contributed by atoms with Crippen LogP contribution in [0.2, 0.25) is 0 Å². The Morgan fingerprint density at radius 1 is 1.38 bits per heavy atom. The van der Waals surface area contributed by atoms with Crippen molar-refractivity contribution >= 4 is 0 Å². The fourth-order valence-corrected chi connectivity index (χ4v) is 2.94. The molecule has 2 bridgehead atoms. The molecule has 0 radical (unpaired) electrons. The minimum Gasteiger partial charge on any atom is -0.393 e. The third kappa shape index (κ3) is 1.86. The first-order chi connectivity index (χ1) is 5.74. The number of nitriles is 1. The molecule has 2 fully saturated rings. The van der Waals surface area contributed by atoms with Crippen molar-refractivity contribution in [1.82, 2.24) is 0 Å². The summed E-state index contributed by atoms with van der Waals surface area (Å²) in [5, 5.41) is 18.6. The molecule has 0 heterocycles. The second-order valence-electron chi connectivity index (χ2n) is 4.45. The first kappa shape index (κ1) is 10.5. The molecule has 2 saturated carbocycles. The first-order valence-electron chi connectivity index (χ1n) is 4.83. The van der Waals surface area contributed by atoms with Crippen LogP contribution in [0.1, 0.15) is 46.0 Å². The Labute approximate surface area is 80.6 Å². The predicted molar refractivity (Wildman–Crippen MR) is 52.0 cm³/mol. The molecule has 0 aliphatic heterocycles. The van der Waals surface area contributed by atoms with Gasteiger partial charge >= 0.3 is 0 Å². The summed E-state index contributed by atoms with van der Waals surface area (Å²) in [4.78, 5) is 0. The Kier molecular flexibility index (Phi) is 2.98. The molecule has 0 aromatic heterocycles. The molecular formula is C11H19NO. The van der Waals surface area contributed by atoms with E-state index in [0.717, 1.165) is 25.7 Å². The average molecular weight is 181 g/mol. The number of aliphatic hydroxyl groups is 1. The van der Waals surface area contributed by atoms with Crippen molar-refractivity contribution in [2.75, 3.05) is 0 Å². The SMILES string of the molecule is C.N#CC12CCCC(CC(O)C1)C2. The quantitative estimate of drug-likeness (QED) is 0.624. The molecule has 3 atom stereocenters. The van der Waals surface area contributed by atoms with Crippen LogP contribution in [0.25, 0.3) is 0 Å². The van der Waals surface area contributed by atoms with E-state index in [9.17, 15) is 5.11 Å². The average Bonchev–Trinajstić information content (AvgIpc) is 2.03. The van der Waals surface area contributed by atoms with Crippen molar-refractivity contribution in [1.29, 1.82) is 5.26 Å². The van der Waals surface area contributed by atoms with Gasteiger partial charge < -0.3 is 5.11 Å². The summed E-state index contributed by atoms with van der Waals surface area (Å²) in [6.45, 7) is 0. The molecule has 0 amide bonds. The monoisotopic (exact) mass is 181 g/mol. The largest absolute Gasteiger partial charge is 0.393 e. The second-order valence-corrected chi connectivity index (χ2v) is 4.45. The van der Waals surface area contributed by atoms with E-state index in [0.29, 0.717) is 5.92 Å². The summed E-state index contributed by atoms with van der Waals surface area (Å²) in [6.07, 6.45) is 5.91. The molecule has 0 saturated heterocycles. The molecule has 2 heteroatoms. The van der Waals surface area contributed by atoms with E-state index < -0.39 is 0 Å². The number of fused-ring (bicyclic) bond motifs is 2. The highest BCUT2D eigenvalue weighted by molar-refractivity contribution is 5.06. The number of aliphatic hydroxyl groups excluding tert-OH is 1. The molecule has 0 aromatic carbocycles. The van der Waals surface area contributed by atoms with Gasteiger partial charge in [0, 0.05) is 0 Å². The van der Waals surface area contributed by atoms with Crippen molar-refractivity contribution in [3.63, 3.8) is 0 Å². The lowest BCUT2D eigenvalue weighted by Crippen LogP contribution is -2.38. The van der Waals surface area contributed by atoms with Crippen LogP contribution in [0, 0.1) is 22.7 Å². The fraction of sp³-hybridized carbons (Fsp3) is 0.909. The molecule has 2 rings (SSSR count). The lowest BCUT2D eigenvalue weighted by Gasteiger charge is -2.42. The Morgan fingerprint density at radius 2 is 2.15 bits per heavy atom. The van der Waals surface area contributed by atoms with Gasteiger partial charge in [-0.2, -0.15) is 5.26 Å². The third-order valence-corrected chi connectivity index (χ3v) is 3.42. The first-order valence-corrected chi connectivity index (χ1v) is 4.83. The molecule has 13 heavy (non-hydrogen) atoms. The highest BCUT2D eigenvalue weighted by Gasteiger charge is 2.42. The van der Waals surface area contributed by atoms with Crippen LogP contribution in [0.4, 0.5) is 0 Å². The Bertz CT molecular complexity index is 217. The van der Waals surface area contributed by atoms with E-state index >= 15 is 0 Å². The molecule has 1 N–H and O–H groups in total. The number of nitrogens with zero attached hydrogens (tertiary/aromatic N) is 1. The topological polar surface area (TPSA) is 44.0 Å². The maximum Gasteiger partial charge on any atom is 0.0690 e. The molecule has 2 aliphatic rings. The van der Waals surface area contributed by atoms with Gasteiger partial charge in [-0.3, -0.25) is 0 Å². The summed E-state index contributed by atoms with van der Waals surface area (Å²) in [5.74, 6) is 0.627. The molecular weight excluding hydrogens is 162 g/mol. The van der Waals surface area contributed by atoms with Crippen LogP contribution >= 0.6 is 0 Å². The molecule has 2 aliphatic carbocycles. The Morgan fingerprint density at radius 3 is 2.85 bits per heavy atom. The van der Waals surface area contributed by atoms with Gasteiger partial charge in [0.15, 0.2) is 0 Å². The fourth-order valence-electron chi connectivity index (χ4n) is 2.94. The number of hydrogen-bond donors (Lipinski definition) is 1. The van der Waals surface area contributed by atoms with E-state index in [2.05, 4.69) is 6.07 Å². The molecule has 3 unspecified atom stereocenters. The second kappa shape index (κ2) is 3.67. The van der Waals surface area contributed by atoms with Crippen molar-refractivity contribution in [3.8, 4) is 6.07 Å². The van der Waals surface area contributed by atoms with Crippen molar-refractivity contribution in [3.05, 3.63) is 0 Å². The minimum absolute atomic E-state index is 0. The van der Waals surface area contributed by atoms with E-state index in [1.165, 1.54) is 12.8 Å². The smallest absolute Gasteiger partial charge is 0.0690 e. The maximum absolute atomic E-state index is 9.56. The van der Waals surface area contributed by atoms with Gasteiger partial charge in [-0.05, 0) is 31.6 Å². The van der Waals surface area contributed by atoms with E-state index in [4.69, 9.17) is 5.26 Å². The molecule has 2 nitrogen and oxygen atoms in total. The van der Waals surface area contributed by atoms with Gasteiger partial charge in [0.05, 0.1) is 17.6 Å². The minimum atomic E-state index is -0.205. The summed E-state index contributed by atoms with van der Waals surface area (Å²) < 4.78 is 0. The van der Waals surface area contributed by atoms with E-state index in [1.54, 1.807) is 0 Å². The van der Waals surface area contributed by atoms with Crippen molar-refractivity contribution < 1.29 is 5.11 Å². The Hall–Kier alpha value is -0.550. The lowest BCUT2D eigenvalue weighted by molar-refractivity contribution is 0.0146. The van der Waals surface area contributed by atoms with Crippen LogP contribution < -0.4 is 0 Å². The highest BCUT2D eigenvalue weighted by Crippen LogP contribution is 2.48. The maximum atomic E-state index is 9.56. The van der Waals surface area contributed by atoms with Gasteiger partial charge in [0.1, 0.15) is 0 Å². The van der Waals surface area contributed by atoms with Crippen molar-refractivity contribution in [2.24, 2.45) is 11.3 Å². The third-order valence-electron chi connectivity index (χ3n) is 3.42. The van der Waals surface area contributed by atoms with Crippen LogP contribution in [-0.2, 0) is 0 Å². The Balaban J connectivity index is 0.000000845. The molecule has 0 spiro atoms. The van der Waals surface area contributed by atoms with Gasteiger partial charge in [0.2, 0.25) is 0 Å². The van der Waals surface area contributed by atoms with Gasteiger partial charge in [0.25, 0.3) is 0 Å².